The monoisotopic (exact) mass is 400 g/mol. The van der Waals surface area contributed by atoms with E-state index in [1.165, 1.54) is 7.11 Å². The Kier molecular flexibility index (Phi) is 6.21. The number of ether oxygens (including phenoxy) is 2. The van der Waals surface area contributed by atoms with Crippen molar-refractivity contribution in [2.45, 2.75) is 26.0 Å². The molecule has 2 N–H and O–H groups in total. The highest BCUT2D eigenvalue weighted by Gasteiger charge is 2.32. The Balaban J connectivity index is 1.87. The van der Waals surface area contributed by atoms with Gasteiger partial charge < -0.3 is 20.1 Å². The standard InChI is InChI=1S/C21H21ClN2O4/c1-3-17-18(20(25)27-2)19(24-21(26)23-17)14-7-5-9-16(11-14)28-12-13-6-4-8-15(22)10-13/h4-11,19H,3,12H2,1-2H3,(H2,23,24,26). The summed E-state index contributed by atoms with van der Waals surface area (Å²) in [5, 5.41) is 6.12. The van der Waals surface area contributed by atoms with Gasteiger partial charge in [0, 0.05) is 10.7 Å². The summed E-state index contributed by atoms with van der Waals surface area (Å²) in [4.78, 5) is 24.4. The van der Waals surface area contributed by atoms with Crippen molar-refractivity contribution in [2.75, 3.05) is 7.11 Å². The highest BCUT2D eigenvalue weighted by molar-refractivity contribution is 6.30. The van der Waals surface area contributed by atoms with Gasteiger partial charge in [0.1, 0.15) is 12.4 Å². The lowest BCUT2D eigenvalue weighted by molar-refractivity contribution is -0.136. The number of hydrogen-bond acceptors (Lipinski definition) is 4. The summed E-state index contributed by atoms with van der Waals surface area (Å²) in [5.41, 5.74) is 2.60. The minimum Gasteiger partial charge on any atom is -0.489 e. The predicted molar refractivity (Wildman–Crippen MR) is 106 cm³/mol. The van der Waals surface area contributed by atoms with Crippen LogP contribution in [0.4, 0.5) is 4.79 Å². The molecule has 0 fully saturated rings. The smallest absolute Gasteiger partial charge is 0.337 e. The SMILES string of the molecule is CCC1=C(C(=O)OC)C(c2cccc(OCc3cccc(Cl)c3)c2)NC(=O)N1. The molecule has 0 aliphatic carbocycles. The van der Waals surface area contributed by atoms with Crippen molar-refractivity contribution in [3.05, 3.63) is 76.0 Å². The van der Waals surface area contributed by atoms with Gasteiger partial charge in [-0.3, -0.25) is 0 Å². The van der Waals surface area contributed by atoms with E-state index in [1.54, 1.807) is 12.1 Å². The van der Waals surface area contributed by atoms with Crippen molar-refractivity contribution < 1.29 is 19.1 Å². The number of carbonyl (C=O) groups excluding carboxylic acids is 2. The van der Waals surface area contributed by atoms with Gasteiger partial charge in [0.15, 0.2) is 0 Å². The molecule has 0 aromatic heterocycles. The number of esters is 1. The topological polar surface area (TPSA) is 76.7 Å². The first-order valence-electron chi connectivity index (χ1n) is 8.88. The lowest BCUT2D eigenvalue weighted by Crippen LogP contribution is -2.45. The molecule has 2 amide bonds. The second-order valence-corrected chi connectivity index (χ2v) is 6.70. The maximum Gasteiger partial charge on any atom is 0.337 e. The molecule has 2 aromatic rings. The number of carbonyl (C=O) groups is 2. The lowest BCUT2D eigenvalue weighted by atomic mass is 9.94. The second-order valence-electron chi connectivity index (χ2n) is 6.26. The highest BCUT2D eigenvalue weighted by Crippen LogP contribution is 2.30. The molecular formula is C21H21ClN2O4. The number of hydrogen-bond donors (Lipinski definition) is 2. The molecule has 0 saturated heterocycles. The van der Waals surface area contributed by atoms with Crippen LogP contribution in [0.1, 0.15) is 30.5 Å². The molecule has 3 rings (SSSR count). The van der Waals surface area contributed by atoms with E-state index in [1.807, 2.05) is 43.3 Å². The Morgan fingerprint density at radius 1 is 1.18 bits per heavy atom. The minimum atomic E-state index is -0.620. The number of nitrogens with one attached hydrogen (secondary N) is 2. The van der Waals surface area contributed by atoms with Crippen molar-refractivity contribution in [1.82, 2.24) is 10.6 Å². The average Bonchev–Trinajstić information content (AvgIpc) is 2.71. The fourth-order valence-electron chi connectivity index (χ4n) is 3.08. The molecule has 1 aliphatic rings. The van der Waals surface area contributed by atoms with E-state index in [2.05, 4.69) is 10.6 Å². The molecule has 1 heterocycles. The Hall–Kier alpha value is -2.99. The predicted octanol–water partition coefficient (Wildman–Crippen LogP) is 4.11. The van der Waals surface area contributed by atoms with E-state index in [-0.39, 0.29) is 6.03 Å². The van der Waals surface area contributed by atoms with Gasteiger partial charge in [-0.15, -0.1) is 0 Å². The molecule has 28 heavy (non-hydrogen) atoms. The maximum absolute atomic E-state index is 12.3. The third kappa shape index (κ3) is 4.46. The zero-order valence-corrected chi connectivity index (χ0v) is 16.4. The molecule has 0 saturated carbocycles. The molecule has 0 spiro atoms. The third-order valence-corrected chi connectivity index (χ3v) is 4.63. The van der Waals surface area contributed by atoms with E-state index in [9.17, 15) is 9.59 Å². The van der Waals surface area contributed by atoms with Crippen LogP contribution < -0.4 is 15.4 Å². The summed E-state index contributed by atoms with van der Waals surface area (Å²) >= 11 is 6.00. The first-order valence-corrected chi connectivity index (χ1v) is 9.25. The summed E-state index contributed by atoms with van der Waals surface area (Å²) < 4.78 is 10.8. The van der Waals surface area contributed by atoms with Gasteiger partial charge in [-0.05, 0) is 41.8 Å². The summed E-state index contributed by atoms with van der Waals surface area (Å²) in [5.74, 6) is 0.132. The Labute approximate surface area is 168 Å². The Morgan fingerprint density at radius 3 is 2.68 bits per heavy atom. The number of benzene rings is 2. The van der Waals surface area contributed by atoms with Crippen LogP contribution in [0.15, 0.2) is 59.8 Å². The van der Waals surface area contributed by atoms with Crippen molar-refractivity contribution in [2.24, 2.45) is 0 Å². The van der Waals surface area contributed by atoms with E-state index in [0.29, 0.717) is 35.1 Å². The molecule has 2 aromatic carbocycles. The van der Waals surface area contributed by atoms with E-state index in [4.69, 9.17) is 21.1 Å². The molecular weight excluding hydrogens is 380 g/mol. The number of rotatable bonds is 6. The molecule has 6 nitrogen and oxygen atoms in total. The fraction of sp³-hybridized carbons (Fsp3) is 0.238. The molecule has 1 atom stereocenters. The van der Waals surface area contributed by atoms with Crippen LogP contribution in [0.5, 0.6) is 5.75 Å². The van der Waals surface area contributed by atoms with E-state index in [0.717, 1.165) is 11.1 Å². The summed E-state index contributed by atoms with van der Waals surface area (Å²) in [6.45, 7) is 2.22. The number of urea groups is 1. The molecule has 1 unspecified atom stereocenters. The minimum absolute atomic E-state index is 0.350. The van der Waals surface area contributed by atoms with Crippen molar-refractivity contribution >= 4 is 23.6 Å². The number of amides is 2. The van der Waals surface area contributed by atoms with Crippen LogP contribution in [0.25, 0.3) is 0 Å². The van der Waals surface area contributed by atoms with Gasteiger partial charge in [-0.2, -0.15) is 0 Å². The number of halogens is 1. The number of allylic oxidation sites excluding steroid dienone is 1. The van der Waals surface area contributed by atoms with Gasteiger partial charge in [0.25, 0.3) is 0 Å². The second kappa shape index (κ2) is 8.80. The zero-order chi connectivity index (χ0) is 20.1. The van der Waals surface area contributed by atoms with Crippen LogP contribution in [0.3, 0.4) is 0 Å². The van der Waals surface area contributed by atoms with Crippen LogP contribution in [-0.4, -0.2) is 19.1 Å². The molecule has 0 bridgehead atoms. The third-order valence-electron chi connectivity index (χ3n) is 4.40. The lowest BCUT2D eigenvalue weighted by Gasteiger charge is -2.29. The normalized spacial score (nSPS) is 16.2. The van der Waals surface area contributed by atoms with Gasteiger partial charge in [-0.1, -0.05) is 42.8 Å². The van der Waals surface area contributed by atoms with Crippen LogP contribution in [-0.2, 0) is 16.1 Å². The quantitative estimate of drug-likeness (QED) is 0.715. The number of methoxy groups -OCH3 is 1. The van der Waals surface area contributed by atoms with Gasteiger partial charge in [0.05, 0.1) is 18.7 Å². The summed E-state index contributed by atoms with van der Waals surface area (Å²) in [6, 6.07) is 13.7. The van der Waals surface area contributed by atoms with Crippen molar-refractivity contribution in [3.8, 4) is 5.75 Å². The zero-order valence-electron chi connectivity index (χ0n) is 15.6. The van der Waals surface area contributed by atoms with Gasteiger partial charge in [-0.25, -0.2) is 9.59 Å². The summed E-state index contributed by atoms with van der Waals surface area (Å²) in [7, 11) is 1.32. The molecule has 7 heteroatoms. The van der Waals surface area contributed by atoms with Gasteiger partial charge >= 0.3 is 12.0 Å². The Morgan fingerprint density at radius 2 is 1.96 bits per heavy atom. The fourth-order valence-corrected chi connectivity index (χ4v) is 3.29. The van der Waals surface area contributed by atoms with Crippen molar-refractivity contribution in [1.29, 1.82) is 0 Å². The largest absolute Gasteiger partial charge is 0.489 e. The average molecular weight is 401 g/mol. The molecule has 0 radical (unpaired) electrons. The first-order chi connectivity index (χ1) is 13.5. The van der Waals surface area contributed by atoms with Crippen LogP contribution in [0, 0.1) is 0 Å². The van der Waals surface area contributed by atoms with Gasteiger partial charge in [0.2, 0.25) is 0 Å². The van der Waals surface area contributed by atoms with E-state index >= 15 is 0 Å². The molecule has 1 aliphatic heterocycles. The van der Waals surface area contributed by atoms with E-state index < -0.39 is 12.0 Å². The highest BCUT2D eigenvalue weighted by atomic mass is 35.5. The first kappa shape index (κ1) is 19.8. The molecule has 146 valence electrons. The maximum atomic E-state index is 12.3. The Bertz CT molecular complexity index is 926. The van der Waals surface area contributed by atoms with Crippen LogP contribution >= 0.6 is 11.6 Å². The van der Waals surface area contributed by atoms with Crippen LogP contribution in [0.2, 0.25) is 5.02 Å². The van der Waals surface area contributed by atoms with Crippen molar-refractivity contribution in [3.63, 3.8) is 0 Å². The summed E-state index contributed by atoms with van der Waals surface area (Å²) in [6.07, 6.45) is 0.499.